The summed E-state index contributed by atoms with van der Waals surface area (Å²) in [6.07, 6.45) is 0.887. The van der Waals surface area contributed by atoms with E-state index in [1.54, 1.807) is 13.2 Å². The van der Waals surface area contributed by atoms with E-state index in [1.165, 1.54) is 11.8 Å². The van der Waals surface area contributed by atoms with Crippen molar-refractivity contribution in [1.29, 1.82) is 0 Å². The molecule has 2 aromatic rings. The molecule has 0 fully saturated rings. The lowest BCUT2D eigenvalue weighted by atomic mass is 10.4. The third kappa shape index (κ3) is 2.65. The highest BCUT2D eigenvalue weighted by Crippen LogP contribution is 2.25. The minimum Gasteiger partial charge on any atom is -0.394 e. The lowest BCUT2D eigenvalue weighted by molar-refractivity contribution is 0.113. The first-order valence-electron chi connectivity index (χ1n) is 5.05. The van der Waals surface area contributed by atoms with Gasteiger partial charge in [-0.05, 0) is 0 Å². The van der Waals surface area contributed by atoms with Crippen LogP contribution < -0.4 is 5.32 Å². The maximum absolute atomic E-state index is 9.32. The van der Waals surface area contributed by atoms with Gasteiger partial charge in [-0.15, -0.1) is 11.8 Å². The van der Waals surface area contributed by atoms with Crippen LogP contribution in [0.15, 0.2) is 11.2 Å². The summed E-state index contributed by atoms with van der Waals surface area (Å²) in [7, 11) is 1.73. The number of nitrogens with zero attached hydrogens (tertiary/aromatic N) is 3. The number of nitrogens with one attached hydrogen (secondary N) is 2. The van der Waals surface area contributed by atoms with Crippen molar-refractivity contribution in [3.8, 4) is 0 Å². The predicted molar refractivity (Wildman–Crippen MR) is 65.0 cm³/mol. The second-order valence-electron chi connectivity index (χ2n) is 3.38. The molecule has 0 saturated carbocycles. The van der Waals surface area contributed by atoms with E-state index < -0.39 is 6.10 Å². The molecule has 0 spiro atoms. The quantitative estimate of drug-likeness (QED) is 0.434. The molecule has 0 aliphatic carbocycles. The third-order valence-electron chi connectivity index (χ3n) is 2.12. The van der Waals surface area contributed by atoms with Gasteiger partial charge in [0.05, 0.1) is 24.3 Å². The maximum Gasteiger partial charge on any atom is 0.225 e. The molecule has 0 saturated heterocycles. The molecule has 0 aromatic carbocycles. The van der Waals surface area contributed by atoms with E-state index >= 15 is 0 Å². The van der Waals surface area contributed by atoms with Gasteiger partial charge in [-0.3, -0.25) is 5.10 Å². The Balaban J connectivity index is 2.27. The van der Waals surface area contributed by atoms with Crippen LogP contribution in [0, 0.1) is 0 Å². The summed E-state index contributed by atoms with van der Waals surface area (Å²) in [5.41, 5.74) is 0.644. The molecule has 0 aliphatic rings. The second-order valence-corrected chi connectivity index (χ2v) is 4.39. The summed E-state index contributed by atoms with van der Waals surface area (Å²) in [6, 6.07) is 0. The van der Waals surface area contributed by atoms with Crippen LogP contribution in [0.3, 0.4) is 0 Å². The fourth-order valence-corrected chi connectivity index (χ4v) is 2.17. The van der Waals surface area contributed by atoms with Crippen molar-refractivity contribution >= 4 is 28.7 Å². The van der Waals surface area contributed by atoms with Crippen LogP contribution in [-0.4, -0.2) is 55.9 Å². The summed E-state index contributed by atoms with van der Waals surface area (Å²) >= 11 is 1.36. The maximum atomic E-state index is 9.32. The number of aliphatic hydroxyl groups excluding tert-OH is 2. The molecule has 8 heteroatoms. The van der Waals surface area contributed by atoms with Crippen molar-refractivity contribution in [2.45, 2.75) is 11.1 Å². The molecule has 2 rings (SSSR count). The smallest absolute Gasteiger partial charge is 0.225 e. The van der Waals surface area contributed by atoms with Gasteiger partial charge < -0.3 is 15.5 Å². The van der Waals surface area contributed by atoms with E-state index in [-0.39, 0.29) is 6.61 Å². The highest BCUT2D eigenvalue weighted by molar-refractivity contribution is 7.99. The Kier molecular flexibility index (Phi) is 3.77. The van der Waals surface area contributed by atoms with Crippen molar-refractivity contribution in [1.82, 2.24) is 20.2 Å². The van der Waals surface area contributed by atoms with Gasteiger partial charge in [-0.1, -0.05) is 0 Å². The Hall–Kier alpha value is -1.38. The molecule has 17 heavy (non-hydrogen) atoms. The van der Waals surface area contributed by atoms with Gasteiger partial charge in [0.2, 0.25) is 5.95 Å². The number of hydrogen-bond donors (Lipinski definition) is 4. The minimum atomic E-state index is -0.755. The zero-order valence-corrected chi connectivity index (χ0v) is 10.0. The van der Waals surface area contributed by atoms with Crippen molar-refractivity contribution in [2.75, 3.05) is 24.7 Å². The lowest BCUT2D eigenvalue weighted by Crippen LogP contribution is -2.14. The highest BCUT2D eigenvalue weighted by atomic mass is 32.2. The van der Waals surface area contributed by atoms with Crippen molar-refractivity contribution < 1.29 is 10.2 Å². The zero-order valence-electron chi connectivity index (χ0n) is 9.21. The fourth-order valence-electron chi connectivity index (χ4n) is 1.26. The van der Waals surface area contributed by atoms with Gasteiger partial charge in [0.15, 0.2) is 5.65 Å². The molecular formula is C9H13N5O2S. The van der Waals surface area contributed by atoms with Crippen LogP contribution in [-0.2, 0) is 0 Å². The number of rotatable bonds is 5. The molecule has 0 amide bonds. The summed E-state index contributed by atoms with van der Waals surface area (Å²) in [5, 5.41) is 29.1. The van der Waals surface area contributed by atoms with Crippen LogP contribution in [0.25, 0.3) is 11.0 Å². The molecule has 0 radical (unpaired) electrons. The first kappa shape index (κ1) is 12.1. The molecular weight excluding hydrogens is 242 g/mol. The van der Waals surface area contributed by atoms with Crippen LogP contribution in [0.2, 0.25) is 0 Å². The standard InChI is InChI=1S/C9H13N5O2S/c1-10-9-12-7-6(2-11-14-7)8(13-9)17-4-5(16)3-15/h2,5,15-16H,3-4H2,1H3,(H2,10,11,12,13,14). The number of H-pyrrole nitrogens is 1. The van der Waals surface area contributed by atoms with Gasteiger partial charge >= 0.3 is 0 Å². The predicted octanol–water partition coefficient (Wildman–Crippen LogP) is -0.160. The molecule has 7 nitrogen and oxygen atoms in total. The molecule has 1 unspecified atom stereocenters. The zero-order chi connectivity index (χ0) is 12.3. The van der Waals surface area contributed by atoms with Gasteiger partial charge in [-0.25, -0.2) is 4.98 Å². The number of aliphatic hydroxyl groups is 2. The topological polar surface area (TPSA) is 107 Å². The van der Waals surface area contributed by atoms with E-state index in [9.17, 15) is 5.11 Å². The monoisotopic (exact) mass is 255 g/mol. The largest absolute Gasteiger partial charge is 0.394 e. The number of aromatic nitrogens is 4. The van der Waals surface area contributed by atoms with Crippen LogP contribution in [0.4, 0.5) is 5.95 Å². The number of aromatic amines is 1. The van der Waals surface area contributed by atoms with Crippen LogP contribution in [0.5, 0.6) is 0 Å². The molecule has 92 valence electrons. The molecule has 1 atom stereocenters. The Morgan fingerprint density at radius 2 is 2.35 bits per heavy atom. The summed E-state index contributed by atoms with van der Waals surface area (Å²) in [5.74, 6) is 0.861. The Bertz CT molecular complexity index is 503. The number of anilines is 1. The average molecular weight is 255 g/mol. The van der Waals surface area contributed by atoms with E-state index in [0.717, 1.165) is 10.4 Å². The van der Waals surface area contributed by atoms with Gasteiger partial charge in [0.25, 0.3) is 0 Å². The Morgan fingerprint density at radius 1 is 1.53 bits per heavy atom. The first-order chi connectivity index (χ1) is 8.24. The molecule has 0 aliphatic heterocycles. The third-order valence-corrected chi connectivity index (χ3v) is 3.26. The van der Waals surface area contributed by atoms with Gasteiger partial charge in [0, 0.05) is 12.8 Å². The summed E-state index contributed by atoms with van der Waals surface area (Å²) < 4.78 is 0. The number of fused-ring (bicyclic) bond motifs is 1. The summed E-state index contributed by atoms with van der Waals surface area (Å²) in [4.78, 5) is 8.48. The SMILES string of the molecule is CNc1nc(SCC(O)CO)c2cn[nH]c2n1. The van der Waals surface area contributed by atoms with E-state index in [1.807, 2.05) is 0 Å². The minimum absolute atomic E-state index is 0.258. The molecule has 4 N–H and O–H groups in total. The molecule has 0 bridgehead atoms. The summed E-state index contributed by atoms with van der Waals surface area (Å²) in [6.45, 7) is -0.258. The molecule has 2 aromatic heterocycles. The van der Waals surface area contributed by atoms with Crippen molar-refractivity contribution in [3.63, 3.8) is 0 Å². The second kappa shape index (κ2) is 5.30. The van der Waals surface area contributed by atoms with E-state index in [2.05, 4.69) is 25.5 Å². The van der Waals surface area contributed by atoms with Gasteiger partial charge in [-0.2, -0.15) is 10.1 Å². The van der Waals surface area contributed by atoms with Crippen molar-refractivity contribution in [3.05, 3.63) is 6.20 Å². The van der Waals surface area contributed by atoms with Gasteiger partial charge in [0.1, 0.15) is 5.03 Å². The van der Waals surface area contributed by atoms with Crippen LogP contribution in [0.1, 0.15) is 0 Å². The van der Waals surface area contributed by atoms with Crippen molar-refractivity contribution in [2.24, 2.45) is 0 Å². The highest BCUT2D eigenvalue weighted by Gasteiger charge is 2.11. The van der Waals surface area contributed by atoms with Crippen LogP contribution >= 0.6 is 11.8 Å². The first-order valence-corrected chi connectivity index (χ1v) is 6.03. The number of hydrogen-bond acceptors (Lipinski definition) is 7. The Labute approximate surface area is 102 Å². The number of thioether (sulfide) groups is 1. The normalized spacial score (nSPS) is 12.9. The average Bonchev–Trinajstić information content (AvgIpc) is 2.83. The lowest BCUT2D eigenvalue weighted by Gasteiger charge is -2.07. The van der Waals surface area contributed by atoms with E-state index in [0.29, 0.717) is 17.3 Å². The fraction of sp³-hybridized carbons (Fsp3) is 0.444. The Morgan fingerprint density at radius 3 is 3.06 bits per heavy atom. The van der Waals surface area contributed by atoms with E-state index in [4.69, 9.17) is 5.11 Å². The molecule has 2 heterocycles.